The van der Waals surface area contributed by atoms with Gasteiger partial charge >= 0.3 is 11.9 Å². The Labute approximate surface area is 103 Å². The van der Waals surface area contributed by atoms with Crippen LogP contribution in [0.3, 0.4) is 0 Å². The summed E-state index contributed by atoms with van der Waals surface area (Å²) in [6.45, 7) is 0.294. The molecule has 1 heterocycles. The van der Waals surface area contributed by atoms with E-state index in [4.69, 9.17) is 19.3 Å². The molecule has 0 aliphatic carbocycles. The second kappa shape index (κ2) is 4.95. The number of rotatable bonds is 4. The average Bonchev–Trinajstić information content (AvgIpc) is 2.75. The third-order valence-corrected chi connectivity index (χ3v) is 2.57. The number of ether oxygens (including phenoxy) is 3. The molecule has 1 atom stereocenters. The fourth-order valence-electron chi connectivity index (χ4n) is 1.64. The van der Waals surface area contributed by atoms with Gasteiger partial charge in [-0.2, -0.15) is 0 Å². The normalized spacial score (nSPS) is 18.3. The topological polar surface area (TPSA) is 82.1 Å². The molecule has 1 aliphatic rings. The van der Waals surface area contributed by atoms with Crippen molar-refractivity contribution in [2.24, 2.45) is 0 Å². The Kier molecular flexibility index (Phi) is 3.36. The highest BCUT2D eigenvalue weighted by Crippen LogP contribution is 2.26. The smallest absolute Gasteiger partial charge is 0.347 e. The summed E-state index contributed by atoms with van der Waals surface area (Å²) < 4.78 is 15.1. The molecule has 0 spiro atoms. The molecule has 0 amide bonds. The molecule has 1 saturated heterocycles. The summed E-state index contributed by atoms with van der Waals surface area (Å²) in [4.78, 5) is 22.4. The van der Waals surface area contributed by atoms with Gasteiger partial charge in [-0.3, -0.25) is 0 Å². The predicted molar refractivity (Wildman–Crippen MR) is 59.9 cm³/mol. The van der Waals surface area contributed by atoms with E-state index in [-0.39, 0.29) is 11.3 Å². The van der Waals surface area contributed by atoms with E-state index in [9.17, 15) is 9.59 Å². The molecule has 0 aromatic heterocycles. The van der Waals surface area contributed by atoms with Crippen molar-refractivity contribution in [3.63, 3.8) is 0 Å². The van der Waals surface area contributed by atoms with Crippen LogP contribution in [-0.4, -0.2) is 36.9 Å². The number of hydrogen-bond donors (Lipinski definition) is 1. The van der Waals surface area contributed by atoms with Crippen LogP contribution in [0.4, 0.5) is 0 Å². The van der Waals surface area contributed by atoms with Crippen molar-refractivity contribution < 1.29 is 28.9 Å². The molecule has 6 heteroatoms. The van der Waals surface area contributed by atoms with E-state index in [0.29, 0.717) is 18.8 Å². The van der Waals surface area contributed by atoms with Gasteiger partial charge in [0.1, 0.15) is 17.1 Å². The zero-order valence-electron chi connectivity index (χ0n) is 9.71. The van der Waals surface area contributed by atoms with Gasteiger partial charge in [0.25, 0.3) is 0 Å². The van der Waals surface area contributed by atoms with Crippen LogP contribution in [0.1, 0.15) is 16.8 Å². The third-order valence-electron chi connectivity index (χ3n) is 2.57. The molecule has 1 aliphatic heterocycles. The molecule has 96 valence electrons. The summed E-state index contributed by atoms with van der Waals surface area (Å²) in [5, 5.41) is 9.07. The van der Waals surface area contributed by atoms with Gasteiger partial charge in [0.05, 0.1) is 13.7 Å². The van der Waals surface area contributed by atoms with Crippen LogP contribution in [0.25, 0.3) is 0 Å². The van der Waals surface area contributed by atoms with Crippen LogP contribution < -0.4 is 9.47 Å². The van der Waals surface area contributed by atoms with Crippen LogP contribution in [0.15, 0.2) is 18.2 Å². The number of benzene rings is 1. The fourth-order valence-corrected chi connectivity index (χ4v) is 1.64. The van der Waals surface area contributed by atoms with Crippen LogP contribution in [-0.2, 0) is 9.53 Å². The van der Waals surface area contributed by atoms with Gasteiger partial charge in [-0.1, -0.05) is 0 Å². The van der Waals surface area contributed by atoms with Crippen molar-refractivity contribution in [3.8, 4) is 11.5 Å². The quantitative estimate of drug-likeness (QED) is 0.808. The Morgan fingerprint density at radius 1 is 1.50 bits per heavy atom. The summed E-state index contributed by atoms with van der Waals surface area (Å²) in [7, 11) is 1.44. The molecular formula is C12H12O6. The zero-order valence-corrected chi connectivity index (χ0v) is 9.71. The summed E-state index contributed by atoms with van der Waals surface area (Å²) >= 11 is 0. The molecule has 18 heavy (non-hydrogen) atoms. The number of aromatic carboxylic acids is 1. The van der Waals surface area contributed by atoms with E-state index < -0.39 is 18.0 Å². The molecule has 2 rings (SSSR count). The van der Waals surface area contributed by atoms with Gasteiger partial charge in [0, 0.05) is 6.42 Å². The van der Waals surface area contributed by atoms with E-state index in [1.54, 1.807) is 6.07 Å². The van der Waals surface area contributed by atoms with Crippen molar-refractivity contribution >= 4 is 11.9 Å². The number of methoxy groups -OCH3 is 1. The lowest BCUT2D eigenvalue weighted by Crippen LogP contribution is -2.22. The van der Waals surface area contributed by atoms with E-state index in [1.807, 2.05) is 0 Å². The minimum absolute atomic E-state index is 0.0472. The van der Waals surface area contributed by atoms with Gasteiger partial charge in [-0.15, -0.1) is 0 Å². The number of carbonyl (C=O) groups is 2. The molecule has 6 nitrogen and oxygen atoms in total. The molecule has 1 unspecified atom stereocenters. The lowest BCUT2D eigenvalue weighted by Gasteiger charge is -2.13. The number of cyclic esters (lactones) is 1. The first kappa shape index (κ1) is 12.2. The predicted octanol–water partition coefficient (Wildman–Crippen LogP) is 1.09. The Morgan fingerprint density at radius 3 is 2.83 bits per heavy atom. The van der Waals surface area contributed by atoms with Crippen LogP contribution in [0, 0.1) is 0 Å². The maximum atomic E-state index is 11.3. The average molecular weight is 252 g/mol. The van der Waals surface area contributed by atoms with E-state index in [1.165, 1.54) is 19.2 Å². The van der Waals surface area contributed by atoms with Crippen molar-refractivity contribution in [1.29, 1.82) is 0 Å². The Balaban J connectivity index is 2.26. The van der Waals surface area contributed by atoms with Crippen LogP contribution in [0.5, 0.6) is 11.5 Å². The molecule has 0 bridgehead atoms. The highest BCUT2D eigenvalue weighted by Gasteiger charge is 2.29. The van der Waals surface area contributed by atoms with Crippen LogP contribution in [0.2, 0.25) is 0 Å². The fraction of sp³-hybridized carbons (Fsp3) is 0.333. The molecule has 1 aromatic carbocycles. The van der Waals surface area contributed by atoms with Crippen molar-refractivity contribution in [2.75, 3.05) is 13.7 Å². The maximum absolute atomic E-state index is 11.3. The lowest BCUT2D eigenvalue weighted by molar-refractivity contribution is -0.143. The van der Waals surface area contributed by atoms with Crippen molar-refractivity contribution in [1.82, 2.24) is 0 Å². The molecule has 1 aromatic rings. The van der Waals surface area contributed by atoms with Gasteiger partial charge in [-0.05, 0) is 18.2 Å². The number of carboxylic acids is 1. The van der Waals surface area contributed by atoms with Gasteiger partial charge in [0.2, 0.25) is 0 Å². The van der Waals surface area contributed by atoms with E-state index in [0.717, 1.165) is 0 Å². The number of carbonyl (C=O) groups excluding carboxylic acids is 1. The minimum atomic E-state index is -1.14. The second-order valence-electron chi connectivity index (χ2n) is 3.73. The lowest BCUT2D eigenvalue weighted by atomic mass is 10.2. The van der Waals surface area contributed by atoms with E-state index in [2.05, 4.69) is 0 Å². The first-order chi connectivity index (χ1) is 8.61. The van der Waals surface area contributed by atoms with Gasteiger partial charge < -0.3 is 19.3 Å². The first-order valence-corrected chi connectivity index (χ1v) is 5.36. The summed E-state index contributed by atoms with van der Waals surface area (Å²) in [5.74, 6) is -1.07. The molecule has 0 radical (unpaired) electrons. The number of hydrogen-bond acceptors (Lipinski definition) is 5. The second-order valence-corrected chi connectivity index (χ2v) is 3.73. The largest absolute Gasteiger partial charge is 0.497 e. The number of esters is 1. The summed E-state index contributed by atoms with van der Waals surface area (Å²) in [6, 6.07) is 4.38. The van der Waals surface area contributed by atoms with Crippen molar-refractivity contribution in [3.05, 3.63) is 23.8 Å². The van der Waals surface area contributed by atoms with E-state index >= 15 is 0 Å². The van der Waals surface area contributed by atoms with Gasteiger partial charge in [-0.25, -0.2) is 9.59 Å². The van der Waals surface area contributed by atoms with Gasteiger partial charge in [0.15, 0.2) is 6.10 Å². The highest BCUT2D eigenvalue weighted by atomic mass is 16.6. The Hall–Kier alpha value is -2.24. The number of carboxylic acid groups (broad SMARTS) is 1. The highest BCUT2D eigenvalue weighted by molar-refractivity contribution is 5.91. The summed E-state index contributed by atoms with van der Waals surface area (Å²) in [6.07, 6.45) is -0.319. The third kappa shape index (κ3) is 2.37. The Morgan fingerprint density at radius 2 is 2.28 bits per heavy atom. The molecular weight excluding hydrogens is 240 g/mol. The maximum Gasteiger partial charge on any atom is 0.347 e. The Bertz CT molecular complexity index is 481. The molecule has 1 N–H and O–H groups in total. The monoisotopic (exact) mass is 252 g/mol. The van der Waals surface area contributed by atoms with Crippen molar-refractivity contribution in [2.45, 2.75) is 12.5 Å². The standard InChI is InChI=1S/C12H12O6/c1-16-7-2-3-9(8(6-7)11(13)14)18-10-4-5-17-12(10)15/h2-3,6,10H,4-5H2,1H3,(H,13,14). The molecule has 0 saturated carbocycles. The summed E-state index contributed by atoms with van der Waals surface area (Å²) in [5.41, 5.74) is -0.0472. The minimum Gasteiger partial charge on any atom is -0.497 e. The van der Waals surface area contributed by atoms with Crippen LogP contribution >= 0.6 is 0 Å². The SMILES string of the molecule is COc1ccc(OC2CCOC2=O)c(C(=O)O)c1. The first-order valence-electron chi connectivity index (χ1n) is 5.36. The molecule has 1 fully saturated rings. The zero-order chi connectivity index (χ0) is 13.1.